The van der Waals surface area contributed by atoms with Crippen molar-refractivity contribution in [1.82, 2.24) is 0 Å². The summed E-state index contributed by atoms with van der Waals surface area (Å²) < 4.78 is 34.6. The molecule has 0 aliphatic carbocycles. The molecule has 0 rings (SSSR count). The van der Waals surface area contributed by atoms with Crippen molar-refractivity contribution >= 4 is 13.8 Å². The molecule has 316 valence electrons. The van der Waals surface area contributed by atoms with Gasteiger partial charge in [-0.1, -0.05) is 132 Å². The summed E-state index contributed by atoms with van der Waals surface area (Å²) in [7, 11) is 1.58. The van der Waals surface area contributed by atoms with Gasteiger partial charge in [0, 0.05) is 6.42 Å². The van der Waals surface area contributed by atoms with Gasteiger partial charge in [-0.15, -0.1) is 0 Å². The number of carbonyl (C=O) groups is 1. The molecule has 0 saturated carbocycles. The third-order valence-corrected chi connectivity index (χ3v) is 9.49. The molecule has 0 heterocycles. The van der Waals surface area contributed by atoms with Crippen molar-refractivity contribution in [3.05, 3.63) is 85.3 Å². The van der Waals surface area contributed by atoms with Crippen LogP contribution in [0.3, 0.4) is 0 Å². The summed E-state index contributed by atoms with van der Waals surface area (Å²) in [5, 5.41) is 0. The second-order valence-corrected chi connectivity index (χ2v) is 16.5. The summed E-state index contributed by atoms with van der Waals surface area (Å²) in [6, 6.07) is 0. The molecular formula is C46H81NO7P+. The van der Waals surface area contributed by atoms with Crippen LogP contribution >= 0.6 is 7.82 Å². The third kappa shape index (κ3) is 42.5. The predicted molar refractivity (Wildman–Crippen MR) is 233 cm³/mol. The van der Waals surface area contributed by atoms with Crippen molar-refractivity contribution in [2.45, 2.75) is 155 Å². The Kier molecular flexibility index (Phi) is 36.7. The maximum absolute atomic E-state index is 12.6. The number of quaternary nitrogens is 1. The first-order valence-corrected chi connectivity index (χ1v) is 22.9. The van der Waals surface area contributed by atoms with E-state index < -0.39 is 19.9 Å². The molecule has 0 aromatic heterocycles. The van der Waals surface area contributed by atoms with Gasteiger partial charge in [0.15, 0.2) is 6.10 Å². The lowest BCUT2D eigenvalue weighted by Crippen LogP contribution is -2.37. The number of unbranched alkanes of at least 4 members (excludes halogenated alkanes) is 12. The Morgan fingerprint density at radius 1 is 0.600 bits per heavy atom. The van der Waals surface area contributed by atoms with Crippen LogP contribution in [0.2, 0.25) is 0 Å². The molecular weight excluding hydrogens is 709 g/mol. The second-order valence-electron chi connectivity index (χ2n) is 15.0. The number of carbonyl (C=O) groups excluding carboxylic acids is 1. The fourth-order valence-corrected chi connectivity index (χ4v) is 5.94. The van der Waals surface area contributed by atoms with Crippen LogP contribution in [-0.2, 0) is 27.9 Å². The lowest BCUT2D eigenvalue weighted by atomic mass is 10.1. The Hall–Kier alpha value is -2.48. The van der Waals surface area contributed by atoms with Gasteiger partial charge >= 0.3 is 13.8 Å². The molecule has 0 radical (unpaired) electrons. The average Bonchev–Trinajstić information content (AvgIpc) is 3.13. The van der Waals surface area contributed by atoms with Gasteiger partial charge in [0.05, 0.1) is 34.0 Å². The van der Waals surface area contributed by atoms with Gasteiger partial charge in [0.1, 0.15) is 19.8 Å². The summed E-state index contributed by atoms with van der Waals surface area (Å²) in [5.41, 5.74) is 0. The van der Waals surface area contributed by atoms with E-state index in [1.54, 1.807) is 6.26 Å². The zero-order valence-corrected chi connectivity index (χ0v) is 36.5. The molecule has 0 bridgehead atoms. The number of rotatable bonds is 38. The molecule has 0 saturated heterocycles. The van der Waals surface area contributed by atoms with E-state index in [4.69, 9.17) is 18.5 Å². The maximum Gasteiger partial charge on any atom is 0.472 e. The highest BCUT2D eigenvalue weighted by Crippen LogP contribution is 2.43. The molecule has 55 heavy (non-hydrogen) atoms. The molecule has 2 unspecified atom stereocenters. The van der Waals surface area contributed by atoms with E-state index in [2.05, 4.69) is 86.8 Å². The van der Waals surface area contributed by atoms with Gasteiger partial charge in [0.25, 0.3) is 0 Å². The monoisotopic (exact) mass is 791 g/mol. The van der Waals surface area contributed by atoms with E-state index in [1.165, 1.54) is 64.2 Å². The molecule has 2 atom stereocenters. The Labute approximate surface area is 337 Å². The number of phosphoric acid groups is 1. The van der Waals surface area contributed by atoms with E-state index in [-0.39, 0.29) is 26.2 Å². The Morgan fingerprint density at radius 3 is 1.62 bits per heavy atom. The molecule has 0 aliphatic rings. The van der Waals surface area contributed by atoms with E-state index in [1.807, 2.05) is 27.2 Å². The van der Waals surface area contributed by atoms with E-state index in [0.717, 1.165) is 57.8 Å². The van der Waals surface area contributed by atoms with Crippen molar-refractivity contribution in [2.24, 2.45) is 0 Å². The summed E-state index contributed by atoms with van der Waals surface area (Å²) in [5.74, 6) is -0.399. The maximum atomic E-state index is 12.6. The van der Waals surface area contributed by atoms with Gasteiger partial charge in [-0.25, -0.2) is 4.57 Å². The molecule has 1 N–H and O–H groups in total. The molecule has 9 heteroatoms. The lowest BCUT2D eigenvalue weighted by molar-refractivity contribution is -0.870. The Morgan fingerprint density at radius 2 is 1.07 bits per heavy atom. The van der Waals surface area contributed by atoms with E-state index in [0.29, 0.717) is 17.4 Å². The summed E-state index contributed by atoms with van der Waals surface area (Å²) in [4.78, 5) is 22.8. The molecule has 0 aliphatic heterocycles. The van der Waals surface area contributed by atoms with Crippen LogP contribution in [0.4, 0.5) is 0 Å². The molecule has 0 aromatic rings. The van der Waals surface area contributed by atoms with Gasteiger partial charge in [-0.3, -0.25) is 13.8 Å². The number of hydrogen-bond acceptors (Lipinski definition) is 6. The van der Waals surface area contributed by atoms with Crippen LogP contribution < -0.4 is 0 Å². The quantitative estimate of drug-likeness (QED) is 0.0166. The Balaban J connectivity index is 4.45. The standard InChI is InChI=1S/C46H80NO7P/c1-6-8-10-12-14-16-18-20-22-24-25-27-29-31-33-35-37-39-46(48)54-45(44-53-55(49,50)52-42-40-47(3,4)5)43-51-41-38-36-34-32-30-28-26-23-21-19-17-15-13-11-9-7-2/h8,10,14,16,20-23,25,27,31,33,38,41,45H,6-7,9,11-13,15,17-19,24,26,28-30,32,34-37,39-40,42-44H2,1-5H3/p+1/b10-8-,16-14-,22-20-,23-21-,27-25-,33-31-,41-38-. The van der Waals surface area contributed by atoms with Crippen LogP contribution in [-0.4, -0.2) is 69.0 Å². The summed E-state index contributed by atoms with van der Waals surface area (Å²) >= 11 is 0. The fraction of sp³-hybridized carbons (Fsp3) is 0.674. The first-order valence-electron chi connectivity index (χ1n) is 21.4. The van der Waals surface area contributed by atoms with Gasteiger partial charge in [-0.2, -0.15) is 0 Å². The van der Waals surface area contributed by atoms with E-state index in [9.17, 15) is 14.3 Å². The molecule has 0 amide bonds. The van der Waals surface area contributed by atoms with Gasteiger partial charge < -0.3 is 18.9 Å². The summed E-state index contributed by atoms with van der Waals surface area (Å²) in [6.45, 7) is 4.71. The van der Waals surface area contributed by atoms with Crippen molar-refractivity contribution in [3.8, 4) is 0 Å². The highest BCUT2D eigenvalue weighted by molar-refractivity contribution is 7.47. The first-order chi connectivity index (χ1) is 26.6. The average molecular weight is 791 g/mol. The smallest absolute Gasteiger partial charge is 0.472 e. The number of hydrogen-bond donors (Lipinski definition) is 1. The van der Waals surface area contributed by atoms with Crippen LogP contribution in [0.1, 0.15) is 149 Å². The minimum absolute atomic E-state index is 0.0148. The van der Waals surface area contributed by atoms with Crippen molar-refractivity contribution in [1.29, 1.82) is 0 Å². The normalized spacial score (nSPS) is 14.6. The highest BCUT2D eigenvalue weighted by atomic mass is 31.2. The number of esters is 1. The number of phosphoric ester groups is 1. The minimum Gasteiger partial charge on any atom is -0.498 e. The predicted octanol–water partition coefficient (Wildman–Crippen LogP) is 12.8. The van der Waals surface area contributed by atoms with Crippen LogP contribution in [0.15, 0.2) is 85.3 Å². The van der Waals surface area contributed by atoms with Crippen LogP contribution in [0.5, 0.6) is 0 Å². The van der Waals surface area contributed by atoms with Crippen molar-refractivity contribution < 1.29 is 37.3 Å². The molecule has 0 aromatic carbocycles. The topological polar surface area (TPSA) is 91.3 Å². The largest absolute Gasteiger partial charge is 0.498 e. The molecule has 8 nitrogen and oxygen atoms in total. The zero-order chi connectivity index (χ0) is 40.6. The van der Waals surface area contributed by atoms with Gasteiger partial charge in [0.2, 0.25) is 0 Å². The highest BCUT2D eigenvalue weighted by Gasteiger charge is 2.26. The fourth-order valence-electron chi connectivity index (χ4n) is 5.19. The number of nitrogens with zero attached hydrogens (tertiary/aromatic N) is 1. The third-order valence-electron chi connectivity index (χ3n) is 8.50. The van der Waals surface area contributed by atoms with E-state index >= 15 is 0 Å². The second kappa shape index (κ2) is 38.4. The molecule has 0 fully saturated rings. The van der Waals surface area contributed by atoms with Crippen LogP contribution in [0, 0.1) is 0 Å². The lowest BCUT2D eigenvalue weighted by Gasteiger charge is -2.24. The van der Waals surface area contributed by atoms with Gasteiger partial charge in [-0.05, 0) is 89.5 Å². The minimum atomic E-state index is -4.31. The summed E-state index contributed by atoms with van der Waals surface area (Å²) in [6.07, 6.45) is 51.5. The first kappa shape index (κ1) is 52.5. The number of ether oxygens (including phenoxy) is 2. The zero-order valence-electron chi connectivity index (χ0n) is 35.6. The SMILES string of the molecule is CC/C=C\C/C=C\C/C=C\C/C=C\C/C=C\CCCC(=O)OC(CO/C=C\CCCCCC/C=C\CCCCCCCC)COP(=O)(O)OCC[N+](C)(C)C. The Bertz CT molecular complexity index is 1150. The van der Waals surface area contributed by atoms with Crippen molar-refractivity contribution in [3.63, 3.8) is 0 Å². The molecule has 0 spiro atoms. The van der Waals surface area contributed by atoms with Crippen molar-refractivity contribution in [2.75, 3.05) is 47.5 Å². The number of allylic oxidation sites excluding steroid dienone is 13. The van der Waals surface area contributed by atoms with Crippen LogP contribution in [0.25, 0.3) is 0 Å². The number of likely N-dealkylation sites (N-methyl/N-ethyl adjacent to an activating group) is 1.